The smallest absolute Gasteiger partial charge is 0.308 e. The number of aromatic nitrogens is 4. The lowest BCUT2D eigenvalue weighted by Gasteiger charge is -2.03. The summed E-state index contributed by atoms with van der Waals surface area (Å²) in [6.07, 6.45) is 0. The summed E-state index contributed by atoms with van der Waals surface area (Å²) in [7, 11) is 0. The first-order valence-electron chi connectivity index (χ1n) is 5.66. The first kappa shape index (κ1) is 11.4. The molecule has 7 nitrogen and oxygen atoms in total. The van der Waals surface area contributed by atoms with Crippen LogP contribution >= 0.6 is 0 Å². The predicted octanol–water partition coefficient (Wildman–Crippen LogP) is 0.430. The fourth-order valence-corrected chi connectivity index (χ4v) is 1.87. The third-order valence-corrected chi connectivity index (χ3v) is 2.84. The first-order valence-corrected chi connectivity index (χ1v) is 5.66. The molecule has 0 saturated carbocycles. The van der Waals surface area contributed by atoms with Crippen molar-refractivity contribution in [2.75, 3.05) is 0 Å². The number of hydrogen-bond donors (Lipinski definition) is 1. The van der Waals surface area contributed by atoms with E-state index in [9.17, 15) is 9.59 Å². The SMILES string of the molecule is Cc1noc(=O)n1Cc1nc2ccccc2c(=O)[nH]1. The molecular weight excluding hydrogens is 248 g/mol. The Hall–Kier alpha value is -2.70. The summed E-state index contributed by atoms with van der Waals surface area (Å²) in [6.45, 7) is 1.76. The van der Waals surface area contributed by atoms with Crippen molar-refractivity contribution in [3.05, 3.63) is 56.8 Å². The summed E-state index contributed by atoms with van der Waals surface area (Å²) in [5, 5.41) is 4.07. The van der Waals surface area contributed by atoms with Crippen molar-refractivity contribution in [2.45, 2.75) is 13.5 Å². The molecule has 0 radical (unpaired) electrons. The highest BCUT2D eigenvalue weighted by Gasteiger charge is 2.09. The predicted molar refractivity (Wildman–Crippen MR) is 67.0 cm³/mol. The van der Waals surface area contributed by atoms with E-state index in [4.69, 9.17) is 0 Å². The Morgan fingerprint density at radius 1 is 1.32 bits per heavy atom. The lowest BCUT2D eigenvalue weighted by molar-refractivity contribution is 0.375. The van der Waals surface area contributed by atoms with E-state index in [0.717, 1.165) is 0 Å². The van der Waals surface area contributed by atoms with Crippen LogP contribution in [0.2, 0.25) is 0 Å². The number of benzene rings is 1. The van der Waals surface area contributed by atoms with Crippen molar-refractivity contribution in [1.29, 1.82) is 0 Å². The maximum absolute atomic E-state index is 11.9. The molecule has 1 aromatic carbocycles. The first-order chi connectivity index (χ1) is 9.15. The molecule has 2 heterocycles. The quantitative estimate of drug-likeness (QED) is 0.719. The van der Waals surface area contributed by atoms with Gasteiger partial charge in [0.15, 0.2) is 5.82 Å². The Morgan fingerprint density at radius 3 is 2.84 bits per heavy atom. The Labute approximate surface area is 106 Å². The summed E-state index contributed by atoms with van der Waals surface area (Å²) in [4.78, 5) is 30.2. The van der Waals surface area contributed by atoms with Crippen LogP contribution in [0.1, 0.15) is 11.6 Å². The van der Waals surface area contributed by atoms with E-state index in [-0.39, 0.29) is 12.1 Å². The van der Waals surface area contributed by atoms with Crippen molar-refractivity contribution in [3.8, 4) is 0 Å². The van der Waals surface area contributed by atoms with E-state index in [1.54, 1.807) is 31.2 Å². The molecule has 0 fully saturated rings. The second-order valence-corrected chi connectivity index (χ2v) is 4.11. The third-order valence-electron chi connectivity index (χ3n) is 2.84. The number of aromatic amines is 1. The minimum Gasteiger partial charge on any atom is -0.308 e. The molecule has 2 aromatic heterocycles. The highest BCUT2D eigenvalue weighted by molar-refractivity contribution is 5.77. The number of fused-ring (bicyclic) bond motifs is 1. The molecule has 0 amide bonds. The van der Waals surface area contributed by atoms with Gasteiger partial charge in [0.2, 0.25) is 0 Å². The summed E-state index contributed by atoms with van der Waals surface area (Å²) in [6, 6.07) is 7.02. The van der Waals surface area contributed by atoms with Crippen molar-refractivity contribution >= 4 is 10.9 Å². The standard InChI is InChI=1S/C12H10N4O3/c1-7-15-19-12(18)16(7)6-10-13-9-5-3-2-4-8(9)11(17)14-10/h2-5H,6H2,1H3,(H,13,14,17). The number of H-pyrrole nitrogens is 1. The molecule has 0 unspecified atom stereocenters. The van der Waals surface area contributed by atoms with E-state index >= 15 is 0 Å². The van der Waals surface area contributed by atoms with E-state index in [0.29, 0.717) is 22.6 Å². The minimum atomic E-state index is -0.576. The van der Waals surface area contributed by atoms with Gasteiger partial charge in [-0.15, -0.1) is 0 Å². The second kappa shape index (κ2) is 4.20. The van der Waals surface area contributed by atoms with Crippen molar-refractivity contribution < 1.29 is 4.52 Å². The van der Waals surface area contributed by atoms with Gasteiger partial charge in [-0.3, -0.25) is 13.9 Å². The van der Waals surface area contributed by atoms with Gasteiger partial charge in [-0.05, 0) is 19.1 Å². The van der Waals surface area contributed by atoms with E-state index in [1.165, 1.54) is 4.57 Å². The van der Waals surface area contributed by atoms with Crippen LogP contribution in [-0.2, 0) is 6.54 Å². The van der Waals surface area contributed by atoms with Gasteiger partial charge >= 0.3 is 5.76 Å². The fourth-order valence-electron chi connectivity index (χ4n) is 1.87. The molecule has 19 heavy (non-hydrogen) atoms. The summed E-state index contributed by atoms with van der Waals surface area (Å²) in [5.74, 6) is 0.242. The van der Waals surface area contributed by atoms with Gasteiger partial charge in [-0.25, -0.2) is 9.78 Å². The molecule has 0 saturated heterocycles. The van der Waals surface area contributed by atoms with Crippen molar-refractivity contribution in [3.63, 3.8) is 0 Å². The average molecular weight is 258 g/mol. The van der Waals surface area contributed by atoms with Crippen LogP contribution in [0, 0.1) is 6.92 Å². The lowest BCUT2D eigenvalue weighted by atomic mass is 10.2. The van der Waals surface area contributed by atoms with Gasteiger partial charge in [-0.2, -0.15) is 0 Å². The zero-order valence-electron chi connectivity index (χ0n) is 10.1. The zero-order valence-corrected chi connectivity index (χ0v) is 10.1. The molecule has 0 aliphatic rings. The lowest BCUT2D eigenvalue weighted by Crippen LogP contribution is -2.20. The Bertz CT molecular complexity index is 859. The number of hydrogen-bond acceptors (Lipinski definition) is 5. The largest absolute Gasteiger partial charge is 0.442 e. The van der Waals surface area contributed by atoms with Gasteiger partial charge < -0.3 is 4.98 Å². The van der Waals surface area contributed by atoms with Crippen LogP contribution in [-0.4, -0.2) is 19.7 Å². The molecule has 0 aliphatic carbocycles. The molecule has 96 valence electrons. The monoisotopic (exact) mass is 258 g/mol. The summed E-state index contributed by atoms with van der Waals surface area (Å²) < 4.78 is 5.82. The van der Waals surface area contributed by atoms with Gasteiger partial charge in [0.25, 0.3) is 5.56 Å². The summed E-state index contributed by atoms with van der Waals surface area (Å²) in [5.41, 5.74) is 0.353. The second-order valence-electron chi connectivity index (χ2n) is 4.11. The van der Waals surface area contributed by atoms with Gasteiger partial charge in [-0.1, -0.05) is 17.3 Å². The maximum Gasteiger partial charge on any atom is 0.442 e. The van der Waals surface area contributed by atoms with Crippen LogP contribution in [0.5, 0.6) is 0 Å². The van der Waals surface area contributed by atoms with Crippen LogP contribution in [0.4, 0.5) is 0 Å². The Kier molecular flexibility index (Phi) is 2.52. The zero-order chi connectivity index (χ0) is 13.4. The Morgan fingerprint density at radius 2 is 2.11 bits per heavy atom. The third kappa shape index (κ3) is 1.95. The molecule has 7 heteroatoms. The topological polar surface area (TPSA) is 93.8 Å². The van der Waals surface area contributed by atoms with Gasteiger partial charge in [0, 0.05) is 0 Å². The average Bonchev–Trinajstić information content (AvgIpc) is 2.71. The van der Waals surface area contributed by atoms with Gasteiger partial charge in [0.1, 0.15) is 5.82 Å². The fraction of sp³-hybridized carbons (Fsp3) is 0.167. The molecule has 0 bridgehead atoms. The normalized spacial score (nSPS) is 11.0. The van der Waals surface area contributed by atoms with Crippen LogP contribution in [0.15, 0.2) is 38.4 Å². The maximum atomic E-state index is 11.9. The van der Waals surface area contributed by atoms with E-state index in [1.807, 2.05) is 0 Å². The number of para-hydroxylation sites is 1. The van der Waals surface area contributed by atoms with Gasteiger partial charge in [0.05, 0.1) is 17.4 Å². The number of rotatable bonds is 2. The van der Waals surface area contributed by atoms with Crippen LogP contribution in [0.25, 0.3) is 10.9 Å². The molecular formula is C12H10N4O3. The number of nitrogens with zero attached hydrogens (tertiary/aromatic N) is 3. The summed E-state index contributed by atoms with van der Waals surface area (Å²) >= 11 is 0. The minimum absolute atomic E-state index is 0.119. The number of aryl methyl sites for hydroxylation is 1. The number of nitrogens with one attached hydrogen (secondary N) is 1. The van der Waals surface area contributed by atoms with Crippen LogP contribution < -0.4 is 11.3 Å². The molecule has 3 rings (SSSR count). The molecule has 0 atom stereocenters. The van der Waals surface area contributed by atoms with E-state index < -0.39 is 5.76 Å². The van der Waals surface area contributed by atoms with E-state index in [2.05, 4.69) is 19.6 Å². The molecule has 0 spiro atoms. The highest BCUT2D eigenvalue weighted by Crippen LogP contribution is 2.06. The van der Waals surface area contributed by atoms with Crippen LogP contribution in [0.3, 0.4) is 0 Å². The highest BCUT2D eigenvalue weighted by atomic mass is 16.5. The Balaban J connectivity index is 2.12. The van der Waals surface area contributed by atoms with Crippen molar-refractivity contribution in [2.24, 2.45) is 0 Å². The molecule has 3 aromatic rings. The molecule has 1 N–H and O–H groups in total. The molecule has 0 aliphatic heterocycles. The van der Waals surface area contributed by atoms with Crippen molar-refractivity contribution in [1.82, 2.24) is 19.7 Å².